The Morgan fingerprint density at radius 2 is 1.62 bits per heavy atom. The molecule has 0 heterocycles. The van der Waals surface area contributed by atoms with E-state index in [-0.39, 0.29) is 23.6 Å². The van der Waals surface area contributed by atoms with Crippen LogP contribution < -0.4 is 5.73 Å². The van der Waals surface area contributed by atoms with Crippen LogP contribution >= 0.6 is 0 Å². The SMILES string of the molecule is CC(N)=O.O=CC(O)C(O)C(O)C(O)CO.O=[N+]([O-])c1ccc(O)cc1. The average Bonchev–Trinajstić information content (AvgIpc) is 2.59. The number of amides is 1. The number of nitrogens with two attached hydrogens (primary N) is 1. The van der Waals surface area contributed by atoms with E-state index in [1.807, 2.05) is 0 Å². The molecule has 0 aliphatic heterocycles. The van der Waals surface area contributed by atoms with E-state index in [4.69, 9.17) is 30.6 Å². The van der Waals surface area contributed by atoms with Crippen molar-refractivity contribution in [1.82, 2.24) is 0 Å². The summed E-state index contributed by atoms with van der Waals surface area (Å²) in [7, 11) is 0. The van der Waals surface area contributed by atoms with Gasteiger partial charge in [0, 0.05) is 19.1 Å². The lowest BCUT2D eigenvalue weighted by atomic mass is 10.0. The van der Waals surface area contributed by atoms with Gasteiger partial charge in [-0.1, -0.05) is 0 Å². The summed E-state index contributed by atoms with van der Waals surface area (Å²) >= 11 is 0. The van der Waals surface area contributed by atoms with Crippen LogP contribution in [0.3, 0.4) is 0 Å². The minimum Gasteiger partial charge on any atom is -0.508 e. The van der Waals surface area contributed by atoms with Gasteiger partial charge in [-0.05, 0) is 12.1 Å². The van der Waals surface area contributed by atoms with Crippen LogP contribution in [0, 0.1) is 10.1 Å². The largest absolute Gasteiger partial charge is 0.508 e. The number of rotatable bonds is 6. The molecular formula is C14H22N2O10. The van der Waals surface area contributed by atoms with E-state index in [0.717, 1.165) is 0 Å². The van der Waals surface area contributed by atoms with Crippen molar-refractivity contribution in [2.75, 3.05) is 6.61 Å². The molecule has 1 rings (SSSR count). The molecule has 0 bridgehead atoms. The van der Waals surface area contributed by atoms with Crippen LogP contribution in [0.5, 0.6) is 5.75 Å². The van der Waals surface area contributed by atoms with Gasteiger partial charge in [-0.2, -0.15) is 0 Å². The molecule has 0 saturated carbocycles. The van der Waals surface area contributed by atoms with Crippen LogP contribution in [0.1, 0.15) is 6.92 Å². The van der Waals surface area contributed by atoms with Crippen molar-refractivity contribution >= 4 is 17.9 Å². The van der Waals surface area contributed by atoms with Gasteiger partial charge in [-0.3, -0.25) is 14.9 Å². The van der Waals surface area contributed by atoms with Crippen molar-refractivity contribution in [2.24, 2.45) is 5.73 Å². The van der Waals surface area contributed by atoms with Gasteiger partial charge < -0.3 is 41.2 Å². The minimum absolute atomic E-state index is 0.0159. The summed E-state index contributed by atoms with van der Waals surface area (Å²) in [6, 6.07) is 5.04. The highest BCUT2D eigenvalue weighted by molar-refractivity contribution is 5.70. The molecule has 4 unspecified atom stereocenters. The molecule has 0 spiro atoms. The zero-order chi connectivity index (χ0) is 20.9. The Bertz CT molecular complexity index is 547. The lowest BCUT2D eigenvalue weighted by Gasteiger charge is -2.22. The molecule has 1 amide bonds. The van der Waals surface area contributed by atoms with Gasteiger partial charge in [0.05, 0.1) is 11.5 Å². The molecule has 4 atom stereocenters. The number of nitrogens with zero attached hydrogens (tertiary/aromatic N) is 1. The Morgan fingerprint density at radius 1 is 1.19 bits per heavy atom. The average molecular weight is 378 g/mol. The lowest BCUT2D eigenvalue weighted by Crippen LogP contribution is -2.46. The summed E-state index contributed by atoms with van der Waals surface area (Å²) in [6.07, 6.45) is -6.84. The number of hydrogen-bond donors (Lipinski definition) is 7. The number of hydrogen-bond acceptors (Lipinski definition) is 10. The molecule has 148 valence electrons. The van der Waals surface area contributed by atoms with Gasteiger partial charge >= 0.3 is 0 Å². The summed E-state index contributed by atoms with van der Waals surface area (Å²) < 4.78 is 0. The minimum atomic E-state index is -1.79. The fourth-order valence-corrected chi connectivity index (χ4v) is 1.19. The number of phenols is 1. The third kappa shape index (κ3) is 11.8. The van der Waals surface area contributed by atoms with Crippen molar-refractivity contribution in [1.29, 1.82) is 0 Å². The first-order valence-corrected chi connectivity index (χ1v) is 6.95. The van der Waals surface area contributed by atoms with Crippen molar-refractivity contribution in [3.8, 4) is 5.75 Å². The number of non-ortho nitro benzene ring substituents is 1. The number of aliphatic hydroxyl groups excluding tert-OH is 5. The molecule has 12 heteroatoms. The monoisotopic (exact) mass is 378 g/mol. The Morgan fingerprint density at radius 3 is 1.92 bits per heavy atom. The van der Waals surface area contributed by atoms with Gasteiger partial charge in [0.25, 0.3) is 5.69 Å². The number of aldehydes is 1. The van der Waals surface area contributed by atoms with Crippen LogP contribution in [0.15, 0.2) is 24.3 Å². The van der Waals surface area contributed by atoms with E-state index in [2.05, 4.69) is 5.73 Å². The van der Waals surface area contributed by atoms with Gasteiger partial charge in [-0.25, -0.2) is 0 Å². The predicted octanol–water partition coefficient (Wildman–Crippen LogP) is -2.59. The van der Waals surface area contributed by atoms with E-state index in [1.54, 1.807) is 0 Å². The number of carbonyl (C=O) groups excluding carboxylic acids is 2. The molecule has 12 nitrogen and oxygen atoms in total. The highest BCUT2D eigenvalue weighted by Gasteiger charge is 2.29. The zero-order valence-electron chi connectivity index (χ0n) is 13.7. The normalized spacial score (nSPS) is 14.2. The number of primary amides is 1. The van der Waals surface area contributed by atoms with Gasteiger partial charge in [0.15, 0.2) is 6.29 Å². The maximum Gasteiger partial charge on any atom is 0.269 e. The molecule has 1 aromatic carbocycles. The van der Waals surface area contributed by atoms with E-state index >= 15 is 0 Å². The molecule has 26 heavy (non-hydrogen) atoms. The first-order chi connectivity index (χ1) is 12.0. The topological polar surface area (TPSA) is 225 Å². The van der Waals surface area contributed by atoms with E-state index in [0.29, 0.717) is 0 Å². The van der Waals surface area contributed by atoms with Gasteiger partial charge in [-0.15, -0.1) is 0 Å². The van der Waals surface area contributed by atoms with Crippen LogP contribution in [0.4, 0.5) is 5.69 Å². The smallest absolute Gasteiger partial charge is 0.269 e. The Kier molecular flexibility index (Phi) is 13.4. The Labute approximate surface area is 147 Å². The molecule has 1 aromatic rings. The molecule has 0 aliphatic carbocycles. The van der Waals surface area contributed by atoms with Crippen LogP contribution in [0.2, 0.25) is 0 Å². The van der Waals surface area contributed by atoms with Crippen molar-refractivity contribution < 1.29 is 45.2 Å². The second-order valence-corrected chi connectivity index (χ2v) is 4.74. The summed E-state index contributed by atoms with van der Waals surface area (Å²) in [4.78, 5) is 28.6. The Hall–Kier alpha value is -2.64. The highest BCUT2D eigenvalue weighted by Crippen LogP contribution is 2.15. The second kappa shape index (κ2) is 13.6. The number of nitro groups is 1. The predicted molar refractivity (Wildman–Crippen MR) is 86.8 cm³/mol. The summed E-state index contributed by atoms with van der Waals surface area (Å²) in [5.41, 5.74) is 4.46. The quantitative estimate of drug-likeness (QED) is 0.155. The standard InChI is InChI=1S/C6H5NO3.C6H12O6.C2H5NO/c8-6-3-1-5(2-4-6)7(9)10;7-1-3(9)5(11)6(12)4(10)2-8;1-2(3)4/h1-4,8H;1,3-6,8-12H,2H2;1H3,(H2,3,4). The molecular weight excluding hydrogens is 356 g/mol. The highest BCUT2D eigenvalue weighted by atomic mass is 16.6. The Balaban J connectivity index is 0. The van der Waals surface area contributed by atoms with Crippen LogP contribution in [-0.4, -0.2) is 78.8 Å². The number of carbonyl (C=O) groups is 2. The second-order valence-electron chi connectivity index (χ2n) is 4.74. The summed E-state index contributed by atoms with van der Waals surface area (Å²) in [5.74, 6) is -0.300. The number of aliphatic hydroxyl groups is 5. The molecule has 0 fully saturated rings. The first-order valence-electron chi connectivity index (χ1n) is 6.95. The van der Waals surface area contributed by atoms with Crippen molar-refractivity contribution in [3.63, 3.8) is 0 Å². The van der Waals surface area contributed by atoms with Gasteiger partial charge in [0.1, 0.15) is 30.2 Å². The fraction of sp³-hybridized carbons (Fsp3) is 0.429. The maximum absolute atomic E-state index is 10.0. The molecule has 0 aromatic heterocycles. The molecule has 0 aliphatic rings. The van der Waals surface area contributed by atoms with Crippen molar-refractivity contribution in [2.45, 2.75) is 31.3 Å². The number of benzene rings is 1. The maximum atomic E-state index is 10.0. The molecule has 0 radical (unpaired) electrons. The number of phenolic OH excluding ortho intramolecular Hbond substituents is 1. The van der Waals surface area contributed by atoms with Gasteiger partial charge in [0.2, 0.25) is 5.91 Å². The molecule has 0 saturated heterocycles. The van der Waals surface area contributed by atoms with E-state index < -0.39 is 35.9 Å². The third-order valence-electron chi connectivity index (χ3n) is 2.48. The zero-order valence-corrected chi connectivity index (χ0v) is 13.7. The first kappa shape index (κ1) is 25.6. The van der Waals surface area contributed by atoms with Crippen molar-refractivity contribution in [3.05, 3.63) is 34.4 Å². The third-order valence-corrected chi connectivity index (χ3v) is 2.48. The summed E-state index contributed by atoms with van der Waals surface area (Å²) in [6.45, 7) is 0.545. The number of aromatic hydroxyl groups is 1. The fourth-order valence-electron chi connectivity index (χ4n) is 1.19. The molecule has 8 N–H and O–H groups in total. The van der Waals surface area contributed by atoms with Crippen LogP contribution in [-0.2, 0) is 9.59 Å². The summed E-state index contributed by atoms with van der Waals surface area (Å²) in [5, 5.41) is 62.3. The number of nitro benzene ring substituents is 1. The van der Waals surface area contributed by atoms with E-state index in [1.165, 1.54) is 31.2 Å². The lowest BCUT2D eigenvalue weighted by molar-refractivity contribution is -0.384. The van der Waals surface area contributed by atoms with E-state index in [9.17, 15) is 19.7 Å². The van der Waals surface area contributed by atoms with Crippen LogP contribution in [0.25, 0.3) is 0 Å².